The van der Waals surface area contributed by atoms with Crippen LogP contribution in [0.1, 0.15) is 56.3 Å². The molecule has 1 N–H and O–H groups in total. The van der Waals surface area contributed by atoms with Gasteiger partial charge in [-0.25, -0.2) is 0 Å². The van der Waals surface area contributed by atoms with Crippen molar-refractivity contribution in [3.05, 3.63) is 11.7 Å². The van der Waals surface area contributed by atoms with E-state index in [-0.39, 0.29) is 0 Å². The van der Waals surface area contributed by atoms with Crippen LogP contribution in [-0.4, -0.2) is 16.2 Å². The van der Waals surface area contributed by atoms with Gasteiger partial charge in [0.15, 0.2) is 5.82 Å². The van der Waals surface area contributed by atoms with E-state index in [0.29, 0.717) is 12.1 Å². The van der Waals surface area contributed by atoms with Crippen LogP contribution in [0.5, 0.6) is 0 Å². The molecule has 16 heavy (non-hydrogen) atoms. The third-order valence-electron chi connectivity index (χ3n) is 3.99. The summed E-state index contributed by atoms with van der Waals surface area (Å²) in [6, 6.07) is 0.972. The molecule has 1 aliphatic carbocycles. The highest BCUT2D eigenvalue weighted by Gasteiger charge is 2.34. The minimum Gasteiger partial charge on any atom is -0.338 e. The average molecular weight is 221 g/mol. The first-order valence-electron chi connectivity index (χ1n) is 6.39. The molecule has 0 spiro atoms. The van der Waals surface area contributed by atoms with Crippen molar-refractivity contribution < 1.29 is 4.52 Å². The van der Waals surface area contributed by atoms with E-state index in [9.17, 15) is 0 Å². The van der Waals surface area contributed by atoms with E-state index >= 15 is 0 Å². The minimum atomic E-state index is 0.292. The summed E-state index contributed by atoms with van der Waals surface area (Å²) >= 11 is 0. The summed E-state index contributed by atoms with van der Waals surface area (Å²) in [6.45, 7) is 1.87. The van der Waals surface area contributed by atoms with Gasteiger partial charge < -0.3 is 9.84 Å². The van der Waals surface area contributed by atoms with Gasteiger partial charge in [-0.05, 0) is 38.5 Å². The van der Waals surface area contributed by atoms with Crippen LogP contribution in [0.25, 0.3) is 0 Å². The Hall–Kier alpha value is -0.900. The number of aryl methyl sites for hydroxylation is 1. The molecule has 1 saturated carbocycles. The SMILES string of the molecule is Cc1noc(C2CCC3CCCCC3N2)n1. The summed E-state index contributed by atoms with van der Waals surface area (Å²) in [5, 5.41) is 7.56. The maximum atomic E-state index is 5.26. The van der Waals surface area contributed by atoms with Crippen molar-refractivity contribution in [1.82, 2.24) is 15.5 Å². The zero-order valence-corrected chi connectivity index (χ0v) is 9.78. The predicted octanol–water partition coefficient (Wildman–Crippen LogP) is 2.36. The van der Waals surface area contributed by atoms with Crippen LogP contribution in [0.4, 0.5) is 0 Å². The largest absolute Gasteiger partial charge is 0.338 e. The van der Waals surface area contributed by atoms with E-state index in [0.717, 1.165) is 24.1 Å². The molecule has 1 aliphatic heterocycles. The highest BCUT2D eigenvalue weighted by Crippen LogP contribution is 2.36. The van der Waals surface area contributed by atoms with Crippen LogP contribution in [-0.2, 0) is 0 Å². The third-order valence-corrected chi connectivity index (χ3v) is 3.99. The number of nitrogens with one attached hydrogen (secondary N) is 1. The molecule has 1 aromatic rings. The second kappa shape index (κ2) is 4.17. The molecule has 4 nitrogen and oxygen atoms in total. The standard InChI is InChI=1S/C12H19N3O/c1-8-13-12(16-15-8)11-7-6-9-4-2-3-5-10(9)14-11/h9-11,14H,2-7H2,1H3. The van der Waals surface area contributed by atoms with Crippen LogP contribution in [0, 0.1) is 12.8 Å². The van der Waals surface area contributed by atoms with Crippen LogP contribution < -0.4 is 5.32 Å². The van der Waals surface area contributed by atoms with E-state index < -0.39 is 0 Å². The summed E-state index contributed by atoms with van der Waals surface area (Å²) in [6.07, 6.45) is 7.94. The molecule has 2 heterocycles. The number of nitrogens with zero attached hydrogens (tertiary/aromatic N) is 2. The van der Waals surface area contributed by atoms with Gasteiger partial charge in [-0.15, -0.1) is 0 Å². The van der Waals surface area contributed by atoms with Gasteiger partial charge in [0.05, 0.1) is 6.04 Å². The van der Waals surface area contributed by atoms with E-state index in [1.165, 1.54) is 32.1 Å². The lowest BCUT2D eigenvalue weighted by molar-refractivity contribution is 0.158. The lowest BCUT2D eigenvalue weighted by Crippen LogP contribution is -2.44. The fraction of sp³-hybridized carbons (Fsp3) is 0.833. The molecule has 3 unspecified atom stereocenters. The number of hydrogen-bond donors (Lipinski definition) is 1. The topological polar surface area (TPSA) is 51.0 Å². The average Bonchev–Trinajstić information content (AvgIpc) is 2.75. The van der Waals surface area contributed by atoms with Crippen LogP contribution in [0.2, 0.25) is 0 Å². The number of fused-ring (bicyclic) bond motifs is 1. The number of piperidine rings is 1. The summed E-state index contributed by atoms with van der Waals surface area (Å²) in [4.78, 5) is 4.33. The van der Waals surface area contributed by atoms with Crippen molar-refractivity contribution in [3.63, 3.8) is 0 Å². The number of rotatable bonds is 1. The predicted molar refractivity (Wildman–Crippen MR) is 59.9 cm³/mol. The lowest BCUT2D eigenvalue weighted by atomic mass is 9.78. The Morgan fingerprint density at radius 3 is 2.88 bits per heavy atom. The maximum absolute atomic E-state index is 5.26. The van der Waals surface area contributed by atoms with Gasteiger partial charge in [-0.1, -0.05) is 18.0 Å². The van der Waals surface area contributed by atoms with Crippen molar-refractivity contribution in [2.75, 3.05) is 0 Å². The van der Waals surface area contributed by atoms with Crippen molar-refractivity contribution in [2.24, 2.45) is 5.92 Å². The van der Waals surface area contributed by atoms with Gasteiger partial charge in [-0.3, -0.25) is 0 Å². The second-order valence-electron chi connectivity index (χ2n) is 5.13. The van der Waals surface area contributed by atoms with Gasteiger partial charge in [0.2, 0.25) is 5.89 Å². The Balaban J connectivity index is 1.70. The summed E-state index contributed by atoms with van der Waals surface area (Å²) < 4.78 is 5.26. The van der Waals surface area contributed by atoms with Crippen molar-refractivity contribution in [3.8, 4) is 0 Å². The van der Waals surface area contributed by atoms with Gasteiger partial charge in [0.1, 0.15) is 0 Å². The number of hydrogen-bond acceptors (Lipinski definition) is 4. The Bertz CT molecular complexity index is 363. The highest BCUT2D eigenvalue weighted by atomic mass is 16.5. The molecule has 2 aliphatic rings. The molecular formula is C12H19N3O. The molecule has 2 fully saturated rings. The van der Waals surface area contributed by atoms with Crippen LogP contribution in [0.15, 0.2) is 4.52 Å². The van der Waals surface area contributed by atoms with Crippen molar-refractivity contribution >= 4 is 0 Å². The maximum Gasteiger partial charge on any atom is 0.243 e. The fourth-order valence-electron chi connectivity index (χ4n) is 3.14. The van der Waals surface area contributed by atoms with E-state index in [1.807, 2.05) is 6.92 Å². The Morgan fingerprint density at radius 1 is 1.19 bits per heavy atom. The fourth-order valence-corrected chi connectivity index (χ4v) is 3.14. The molecule has 3 rings (SSSR count). The molecule has 88 valence electrons. The first-order valence-corrected chi connectivity index (χ1v) is 6.39. The van der Waals surface area contributed by atoms with Gasteiger partial charge >= 0.3 is 0 Å². The zero-order chi connectivity index (χ0) is 11.0. The molecule has 0 aromatic carbocycles. The molecule has 1 saturated heterocycles. The quantitative estimate of drug-likeness (QED) is 0.791. The normalized spacial score (nSPS) is 34.7. The molecule has 0 amide bonds. The van der Waals surface area contributed by atoms with Crippen molar-refractivity contribution in [2.45, 2.75) is 57.5 Å². The lowest BCUT2D eigenvalue weighted by Gasteiger charge is -2.39. The van der Waals surface area contributed by atoms with Crippen LogP contribution >= 0.6 is 0 Å². The Morgan fingerprint density at radius 2 is 2.06 bits per heavy atom. The molecule has 0 bridgehead atoms. The molecular weight excluding hydrogens is 202 g/mol. The van der Waals surface area contributed by atoms with E-state index in [4.69, 9.17) is 4.52 Å². The Labute approximate surface area is 95.8 Å². The first-order chi connectivity index (χ1) is 7.83. The number of aromatic nitrogens is 2. The van der Waals surface area contributed by atoms with Crippen molar-refractivity contribution in [1.29, 1.82) is 0 Å². The summed E-state index contributed by atoms with van der Waals surface area (Å²) in [5.74, 6) is 2.40. The second-order valence-corrected chi connectivity index (χ2v) is 5.13. The highest BCUT2D eigenvalue weighted by molar-refractivity contribution is 4.98. The molecule has 4 heteroatoms. The minimum absolute atomic E-state index is 0.292. The molecule has 0 radical (unpaired) electrons. The third kappa shape index (κ3) is 1.86. The smallest absolute Gasteiger partial charge is 0.243 e. The van der Waals surface area contributed by atoms with Gasteiger partial charge in [0, 0.05) is 6.04 Å². The summed E-state index contributed by atoms with van der Waals surface area (Å²) in [7, 11) is 0. The van der Waals surface area contributed by atoms with Gasteiger partial charge in [-0.2, -0.15) is 4.98 Å². The first kappa shape index (κ1) is 10.3. The van der Waals surface area contributed by atoms with E-state index in [1.54, 1.807) is 0 Å². The zero-order valence-electron chi connectivity index (χ0n) is 9.78. The Kier molecular flexibility index (Phi) is 2.67. The van der Waals surface area contributed by atoms with Crippen LogP contribution in [0.3, 0.4) is 0 Å². The summed E-state index contributed by atoms with van der Waals surface area (Å²) in [5.41, 5.74) is 0. The van der Waals surface area contributed by atoms with E-state index in [2.05, 4.69) is 15.5 Å². The molecule has 3 atom stereocenters. The monoisotopic (exact) mass is 221 g/mol. The molecule has 1 aromatic heterocycles. The van der Waals surface area contributed by atoms with Gasteiger partial charge in [0.25, 0.3) is 0 Å².